The lowest BCUT2D eigenvalue weighted by Crippen LogP contribution is -2.71. The van der Waals surface area contributed by atoms with Gasteiger partial charge in [0, 0.05) is 28.9 Å². The molecule has 3 saturated carbocycles. The molecule has 0 aromatic rings. The first-order valence-corrected chi connectivity index (χ1v) is 11.2. The van der Waals surface area contributed by atoms with Gasteiger partial charge in [0.25, 0.3) is 0 Å². The van der Waals surface area contributed by atoms with Gasteiger partial charge in [0.15, 0.2) is 6.10 Å². The van der Waals surface area contributed by atoms with Gasteiger partial charge in [0.05, 0.1) is 0 Å². The maximum Gasteiger partial charge on any atom is 0.333 e. The highest BCUT2D eigenvalue weighted by molar-refractivity contribution is 5.89. The highest BCUT2D eigenvalue weighted by atomic mass is 16.6. The molecule has 0 amide bonds. The number of esters is 2. The van der Waals surface area contributed by atoms with Crippen LogP contribution in [0.4, 0.5) is 0 Å². The smallest absolute Gasteiger partial charge is 0.333 e. The van der Waals surface area contributed by atoms with Crippen LogP contribution >= 0.6 is 0 Å². The first-order chi connectivity index (χ1) is 14.3. The molecule has 6 nitrogen and oxygen atoms in total. The van der Waals surface area contributed by atoms with Gasteiger partial charge < -0.3 is 14.6 Å². The first-order valence-electron chi connectivity index (χ1n) is 11.2. The number of hydrogen-bond acceptors (Lipinski definition) is 6. The number of rotatable bonds is 4. The number of fused-ring (bicyclic) bond motifs is 1. The number of hydrogen-bond donors (Lipinski definition) is 1. The Labute approximate surface area is 185 Å². The molecule has 4 bridgehead atoms. The largest absolute Gasteiger partial charge is 0.454 e. The minimum Gasteiger partial charge on any atom is -0.454 e. The van der Waals surface area contributed by atoms with Gasteiger partial charge in [0.2, 0.25) is 0 Å². The van der Waals surface area contributed by atoms with E-state index in [4.69, 9.17) is 9.47 Å². The average molecular weight is 433 g/mol. The molecule has 0 radical (unpaired) electrons. The van der Waals surface area contributed by atoms with Crippen LogP contribution in [-0.4, -0.2) is 41.1 Å². The Balaban J connectivity index is 2.15. The molecule has 3 fully saturated rings. The third-order valence-electron chi connectivity index (χ3n) is 8.45. The Hall–Kier alpha value is -1.95. The van der Waals surface area contributed by atoms with Crippen molar-refractivity contribution in [2.75, 3.05) is 0 Å². The molecule has 0 aromatic carbocycles. The van der Waals surface area contributed by atoms with Crippen LogP contribution in [0, 0.1) is 34.5 Å². The fraction of sp³-hybridized carbons (Fsp3) is 0.720. The topological polar surface area (TPSA) is 89.9 Å². The van der Waals surface area contributed by atoms with Gasteiger partial charge in [-0.3, -0.25) is 4.79 Å². The van der Waals surface area contributed by atoms with Gasteiger partial charge in [-0.05, 0) is 50.9 Å². The van der Waals surface area contributed by atoms with E-state index < -0.39 is 41.1 Å². The van der Waals surface area contributed by atoms with Crippen LogP contribution < -0.4 is 0 Å². The van der Waals surface area contributed by atoms with Gasteiger partial charge in [-0.15, -0.1) is 0 Å². The highest BCUT2D eigenvalue weighted by Gasteiger charge is 2.77. The summed E-state index contributed by atoms with van der Waals surface area (Å²) in [5.74, 6) is -1.16. The van der Waals surface area contributed by atoms with Gasteiger partial charge in [-0.2, -0.15) is 0 Å². The second kappa shape index (κ2) is 7.88. The molecule has 0 unspecified atom stereocenters. The zero-order valence-electron chi connectivity index (χ0n) is 19.9. The summed E-state index contributed by atoms with van der Waals surface area (Å²) in [6.07, 6.45) is 0.728. The van der Waals surface area contributed by atoms with Crippen LogP contribution in [0.5, 0.6) is 0 Å². The van der Waals surface area contributed by atoms with E-state index >= 15 is 0 Å². The molecule has 0 spiro atoms. The Kier molecular flexibility index (Phi) is 6.02. The standard InChI is InChI=1S/C25H36O6/c1-9-12(3)22(28)30-19-20(27)24(6,7)18-16-14(5)11-15(26)17(18)25(16,8)21(19)31-23(29)13(4)10-2/h9-10,14,16-21,27H,11H2,1-8H3/b12-9+,13-10-/t14-,16-,17+,18-,19-,20+,21+,25+/m0/s1. The van der Waals surface area contributed by atoms with E-state index in [1.54, 1.807) is 39.8 Å². The van der Waals surface area contributed by atoms with E-state index in [0.29, 0.717) is 17.6 Å². The predicted octanol–water partition coefficient (Wildman–Crippen LogP) is 3.62. The Morgan fingerprint density at radius 2 is 1.52 bits per heavy atom. The van der Waals surface area contributed by atoms with Crippen LogP contribution in [0.15, 0.2) is 23.3 Å². The summed E-state index contributed by atoms with van der Waals surface area (Å²) in [6.45, 7) is 14.7. The van der Waals surface area contributed by atoms with E-state index in [1.165, 1.54) is 0 Å². The Morgan fingerprint density at radius 1 is 1.00 bits per heavy atom. The molecule has 1 N–H and O–H groups in total. The molecular formula is C25H36O6. The van der Waals surface area contributed by atoms with Crippen molar-refractivity contribution in [2.45, 2.75) is 80.1 Å². The second-order valence-electron chi connectivity index (χ2n) is 10.4. The summed E-state index contributed by atoms with van der Waals surface area (Å²) in [7, 11) is 0. The van der Waals surface area contributed by atoms with E-state index in [9.17, 15) is 19.5 Å². The highest BCUT2D eigenvalue weighted by Crippen LogP contribution is 2.73. The van der Waals surface area contributed by atoms with Crippen LogP contribution in [0.3, 0.4) is 0 Å². The number of aliphatic hydroxyl groups excluding tert-OH is 1. The lowest BCUT2D eigenvalue weighted by molar-refractivity contribution is -0.242. The first kappa shape index (κ1) is 23.7. The quantitative estimate of drug-likeness (QED) is 0.539. The van der Waals surface area contributed by atoms with Gasteiger partial charge in [-0.1, -0.05) is 39.8 Å². The average Bonchev–Trinajstić information content (AvgIpc) is 2.78. The number of carbonyl (C=O) groups is 3. The summed E-state index contributed by atoms with van der Waals surface area (Å²) in [6, 6.07) is 0. The second-order valence-corrected chi connectivity index (χ2v) is 10.4. The van der Waals surface area contributed by atoms with Gasteiger partial charge >= 0.3 is 11.9 Å². The van der Waals surface area contributed by atoms with Gasteiger partial charge in [-0.25, -0.2) is 9.59 Å². The molecule has 0 aromatic heterocycles. The lowest BCUT2D eigenvalue weighted by atomic mass is 9.35. The van der Waals surface area contributed by atoms with Crippen molar-refractivity contribution in [1.82, 2.24) is 0 Å². The summed E-state index contributed by atoms with van der Waals surface area (Å²) < 4.78 is 11.8. The summed E-state index contributed by atoms with van der Waals surface area (Å²) in [5, 5.41) is 11.5. The maximum atomic E-state index is 13.2. The van der Waals surface area contributed by atoms with Crippen molar-refractivity contribution < 1.29 is 29.0 Å². The molecule has 0 saturated heterocycles. The molecule has 8 atom stereocenters. The Bertz CT molecular complexity index is 852. The molecule has 31 heavy (non-hydrogen) atoms. The normalized spacial score (nSPS) is 41.7. The van der Waals surface area contributed by atoms with Crippen molar-refractivity contribution in [3.05, 3.63) is 23.3 Å². The fourth-order valence-electron chi connectivity index (χ4n) is 6.54. The van der Waals surface area contributed by atoms with Crippen molar-refractivity contribution in [3.8, 4) is 0 Å². The molecular weight excluding hydrogens is 396 g/mol. The molecule has 3 rings (SSSR count). The number of Topliss-reactive ketones (excluding diaryl/α,β-unsaturated/α-hetero) is 1. The van der Waals surface area contributed by atoms with Crippen molar-refractivity contribution in [2.24, 2.45) is 34.5 Å². The monoisotopic (exact) mass is 432 g/mol. The van der Waals surface area contributed by atoms with Gasteiger partial charge in [0.1, 0.15) is 18.0 Å². The van der Waals surface area contributed by atoms with Crippen molar-refractivity contribution in [1.29, 1.82) is 0 Å². The van der Waals surface area contributed by atoms with Crippen LogP contribution in [0.2, 0.25) is 0 Å². The molecule has 0 heterocycles. The van der Waals surface area contributed by atoms with Crippen LogP contribution in [0.1, 0.15) is 61.8 Å². The van der Waals surface area contributed by atoms with E-state index in [-0.39, 0.29) is 29.5 Å². The van der Waals surface area contributed by atoms with E-state index in [2.05, 4.69) is 6.92 Å². The summed E-state index contributed by atoms with van der Waals surface area (Å²) in [5.41, 5.74) is -0.556. The fourth-order valence-corrected chi connectivity index (χ4v) is 6.54. The van der Waals surface area contributed by atoms with Crippen LogP contribution in [0.25, 0.3) is 0 Å². The summed E-state index contributed by atoms with van der Waals surface area (Å²) in [4.78, 5) is 38.7. The zero-order chi connectivity index (χ0) is 23.5. The SMILES string of the molecule is C/C=C(/C)C(=O)O[C@@H]1[C@@H](OC(=O)/C(C)=C/C)[C@@H](O)C(C)(C)[C@H]2[C@@H]3[C@@H](C)CC(=O)[C@H]2[C@@]31C. The third kappa shape index (κ3) is 3.29. The third-order valence-corrected chi connectivity index (χ3v) is 8.45. The zero-order valence-corrected chi connectivity index (χ0v) is 19.9. The minimum atomic E-state index is -1.08. The number of ether oxygens (including phenoxy) is 2. The maximum absolute atomic E-state index is 13.2. The van der Waals surface area contributed by atoms with E-state index in [1.807, 2.05) is 20.8 Å². The summed E-state index contributed by atoms with van der Waals surface area (Å²) >= 11 is 0. The molecule has 0 aliphatic heterocycles. The number of ketones is 1. The molecule has 172 valence electrons. The lowest BCUT2D eigenvalue weighted by Gasteiger charge is -2.68. The van der Waals surface area contributed by atoms with Crippen LogP contribution in [-0.2, 0) is 23.9 Å². The number of carbonyl (C=O) groups excluding carboxylic acids is 3. The molecule has 3 aliphatic carbocycles. The Morgan fingerprint density at radius 3 is 2.00 bits per heavy atom. The molecule has 3 aliphatic rings. The number of aliphatic hydroxyl groups is 1. The van der Waals surface area contributed by atoms with Crippen molar-refractivity contribution >= 4 is 17.7 Å². The number of allylic oxidation sites excluding steroid dienone is 2. The van der Waals surface area contributed by atoms with Crippen molar-refractivity contribution in [3.63, 3.8) is 0 Å². The van der Waals surface area contributed by atoms with E-state index in [0.717, 1.165) is 0 Å². The minimum absolute atomic E-state index is 0.0562. The molecule has 6 heteroatoms. The predicted molar refractivity (Wildman–Crippen MR) is 116 cm³/mol.